The van der Waals surface area contributed by atoms with E-state index in [-0.39, 0.29) is 0 Å². The van der Waals surface area contributed by atoms with Crippen molar-refractivity contribution in [3.8, 4) is 17.4 Å². The molecule has 0 aliphatic rings. The lowest BCUT2D eigenvalue weighted by Crippen LogP contribution is -1.97. The lowest BCUT2D eigenvalue weighted by molar-refractivity contribution is 0.286. The molecular formula is C13H17N3O. The predicted molar refractivity (Wildman–Crippen MR) is 67.0 cm³/mol. The van der Waals surface area contributed by atoms with Crippen molar-refractivity contribution in [2.75, 3.05) is 6.61 Å². The first-order valence-corrected chi connectivity index (χ1v) is 5.92. The summed E-state index contributed by atoms with van der Waals surface area (Å²) in [4.78, 5) is 4.29. The molecule has 2 aromatic rings. The first-order chi connectivity index (χ1) is 8.29. The van der Waals surface area contributed by atoms with E-state index < -0.39 is 0 Å². The van der Waals surface area contributed by atoms with Gasteiger partial charge in [-0.05, 0) is 13.3 Å². The third kappa shape index (κ3) is 3.06. The predicted octanol–water partition coefficient (Wildman–Crippen LogP) is 2.96. The van der Waals surface area contributed by atoms with Crippen LogP contribution < -0.4 is 4.74 Å². The minimum absolute atomic E-state index is 0.425. The summed E-state index contributed by atoms with van der Waals surface area (Å²) in [5, 5.41) is 6.91. The maximum atomic E-state index is 5.42. The summed E-state index contributed by atoms with van der Waals surface area (Å²) in [5.41, 5.74) is 2.25. The number of H-pyrrole nitrogens is 1. The molecule has 0 spiro atoms. The van der Waals surface area contributed by atoms with E-state index in [0.717, 1.165) is 24.2 Å². The zero-order chi connectivity index (χ0) is 12.1. The van der Waals surface area contributed by atoms with Crippen molar-refractivity contribution in [3.05, 3.63) is 29.8 Å². The van der Waals surface area contributed by atoms with E-state index in [4.69, 9.17) is 4.74 Å². The Hall–Kier alpha value is -1.84. The van der Waals surface area contributed by atoms with Gasteiger partial charge in [0.25, 0.3) is 0 Å². The number of ether oxygens (including phenoxy) is 1. The van der Waals surface area contributed by atoms with Crippen LogP contribution in [0.25, 0.3) is 11.4 Å². The molecule has 0 aliphatic heterocycles. The maximum absolute atomic E-state index is 5.42. The molecule has 0 fully saturated rings. The third-order valence-corrected chi connectivity index (χ3v) is 2.52. The third-order valence-electron chi connectivity index (χ3n) is 2.52. The van der Waals surface area contributed by atoms with E-state index in [9.17, 15) is 0 Å². The second kappa shape index (κ2) is 5.48. The minimum Gasteiger partial charge on any atom is -0.462 e. The molecule has 0 amide bonds. The fraction of sp³-hybridized carbons (Fsp3) is 0.385. The van der Waals surface area contributed by atoms with Crippen LogP contribution in [0.1, 0.15) is 25.3 Å². The molecule has 1 heterocycles. The topological polar surface area (TPSA) is 50.8 Å². The Morgan fingerprint density at radius 2 is 2.00 bits per heavy atom. The molecule has 90 valence electrons. The summed E-state index contributed by atoms with van der Waals surface area (Å²) < 4.78 is 5.42. The first-order valence-electron chi connectivity index (χ1n) is 5.92. The number of nitrogens with zero attached hydrogens (tertiary/aromatic N) is 2. The van der Waals surface area contributed by atoms with Crippen molar-refractivity contribution in [2.45, 2.75) is 26.7 Å². The maximum Gasteiger partial charge on any atom is 0.335 e. The van der Waals surface area contributed by atoms with E-state index in [0.29, 0.717) is 12.6 Å². The molecule has 4 nitrogen and oxygen atoms in total. The van der Waals surface area contributed by atoms with E-state index in [1.54, 1.807) is 0 Å². The highest BCUT2D eigenvalue weighted by Crippen LogP contribution is 2.17. The van der Waals surface area contributed by atoms with Crippen molar-refractivity contribution in [3.63, 3.8) is 0 Å². The van der Waals surface area contributed by atoms with E-state index in [1.165, 1.54) is 5.56 Å². The second-order valence-electron chi connectivity index (χ2n) is 4.03. The van der Waals surface area contributed by atoms with Crippen LogP contribution in [0, 0.1) is 6.92 Å². The number of hydrogen-bond acceptors (Lipinski definition) is 3. The quantitative estimate of drug-likeness (QED) is 0.805. The first kappa shape index (κ1) is 11.6. The van der Waals surface area contributed by atoms with Gasteiger partial charge in [0.05, 0.1) is 6.61 Å². The molecule has 0 radical (unpaired) electrons. The summed E-state index contributed by atoms with van der Waals surface area (Å²) >= 11 is 0. The van der Waals surface area contributed by atoms with Crippen LogP contribution in [0.15, 0.2) is 24.3 Å². The number of nitrogens with one attached hydrogen (secondary N) is 1. The molecule has 0 bridgehead atoms. The van der Waals surface area contributed by atoms with Gasteiger partial charge in [0.2, 0.25) is 0 Å². The molecule has 0 atom stereocenters. The molecule has 0 aliphatic carbocycles. The van der Waals surface area contributed by atoms with E-state index in [1.807, 2.05) is 12.1 Å². The van der Waals surface area contributed by atoms with Crippen molar-refractivity contribution < 1.29 is 4.74 Å². The minimum atomic E-state index is 0.425. The normalized spacial score (nSPS) is 10.5. The largest absolute Gasteiger partial charge is 0.462 e. The summed E-state index contributed by atoms with van der Waals surface area (Å²) in [6.07, 6.45) is 2.13. The Bertz CT molecular complexity index is 462. The Morgan fingerprint density at radius 1 is 1.24 bits per heavy atom. The van der Waals surface area contributed by atoms with Gasteiger partial charge in [-0.3, -0.25) is 5.10 Å². The van der Waals surface area contributed by atoms with E-state index >= 15 is 0 Å². The number of unbranched alkanes of at least 4 members (excludes halogenated alkanes) is 1. The lowest BCUT2D eigenvalue weighted by Gasteiger charge is -1.98. The molecule has 0 saturated heterocycles. The highest BCUT2D eigenvalue weighted by atomic mass is 16.5. The molecule has 1 aromatic carbocycles. The van der Waals surface area contributed by atoms with Crippen molar-refractivity contribution in [1.82, 2.24) is 15.2 Å². The molecule has 2 rings (SSSR count). The molecule has 1 N–H and O–H groups in total. The Labute approximate surface area is 101 Å². The Morgan fingerprint density at radius 3 is 2.71 bits per heavy atom. The van der Waals surface area contributed by atoms with Crippen molar-refractivity contribution >= 4 is 0 Å². The number of hydrogen-bond donors (Lipinski definition) is 1. The number of aromatic nitrogens is 3. The van der Waals surface area contributed by atoms with E-state index in [2.05, 4.69) is 41.2 Å². The highest BCUT2D eigenvalue weighted by Gasteiger charge is 2.05. The van der Waals surface area contributed by atoms with Crippen LogP contribution in [0.3, 0.4) is 0 Å². The summed E-state index contributed by atoms with van der Waals surface area (Å²) in [6, 6.07) is 8.57. The number of aromatic amines is 1. The fourth-order valence-corrected chi connectivity index (χ4v) is 1.46. The summed E-state index contributed by atoms with van der Waals surface area (Å²) in [7, 11) is 0. The van der Waals surface area contributed by atoms with Crippen molar-refractivity contribution in [1.29, 1.82) is 0 Å². The lowest BCUT2D eigenvalue weighted by atomic mass is 10.1. The number of aryl methyl sites for hydroxylation is 1. The smallest absolute Gasteiger partial charge is 0.335 e. The van der Waals surface area contributed by atoms with Gasteiger partial charge in [-0.2, -0.15) is 4.98 Å². The zero-order valence-electron chi connectivity index (χ0n) is 10.2. The van der Waals surface area contributed by atoms with Gasteiger partial charge in [-0.25, -0.2) is 0 Å². The van der Waals surface area contributed by atoms with Crippen molar-refractivity contribution in [2.24, 2.45) is 0 Å². The monoisotopic (exact) mass is 231 g/mol. The van der Waals surface area contributed by atoms with Gasteiger partial charge >= 0.3 is 6.01 Å². The number of benzene rings is 1. The average Bonchev–Trinajstić information content (AvgIpc) is 2.79. The molecule has 1 aromatic heterocycles. The Kier molecular flexibility index (Phi) is 3.75. The summed E-state index contributed by atoms with van der Waals surface area (Å²) in [5.74, 6) is 0.747. The van der Waals surface area contributed by atoms with Gasteiger partial charge < -0.3 is 4.74 Å². The SMILES string of the molecule is CCCCOc1n[nH]c(-c2ccc(C)cc2)n1. The molecular weight excluding hydrogens is 214 g/mol. The fourth-order valence-electron chi connectivity index (χ4n) is 1.46. The number of rotatable bonds is 5. The average molecular weight is 231 g/mol. The molecule has 0 saturated carbocycles. The van der Waals surface area contributed by atoms with Crippen LogP contribution >= 0.6 is 0 Å². The van der Waals surface area contributed by atoms with Crippen LogP contribution in [-0.2, 0) is 0 Å². The second-order valence-corrected chi connectivity index (χ2v) is 4.03. The van der Waals surface area contributed by atoms with Crippen LogP contribution in [-0.4, -0.2) is 21.8 Å². The van der Waals surface area contributed by atoms with Crippen LogP contribution in [0.2, 0.25) is 0 Å². The Balaban J connectivity index is 2.04. The van der Waals surface area contributed by atoms with Gasteiger partial charge in [0, 0.05) is 5.56 Å². The van der Waals surface area contributed by atoms with Gasteiger partial charge in [-0.1, -0.05) is 43.2 Å². The van der Waals surface area contributed by atoms with Crippen LogP contribution in [0.5, 0.6) is 6.01 Å². The molecule has 17 heavy (non-hydrogen) atoms. The molecule has 0 unspecified atom stereocenters. The van der Waals surface area contributed by atoms with Gasteiger partial charge in [0.1, 0.15) is 0 Å². The highest BCUT2D eigenvalue weighted by molar-refractivity contribution is 5.55. The van der Waals surface area contributed by atoms with Gasteiger partial charge in [-0.15, -0.1) is 5.10 Å². The summed E-state index contributed by atoms with van der Waals surface area (Å²) in [6.45, 7) is 4.85. The molecule has 4 heteroatoms. The zero-order valence-corrected chi connectivity index (χ0v) is 10.2. The van der Waals surface area contributed by atoms with Gasteiger partial charge in [0.15, 0.2) is 5.82 Å². The standard InChI is InChI=1S/C13H17N3O/c1-3-4-9-17-13-14-12(15-16-13)11-7-5-10(2)6-8-11/h5-8H,3-4,9H2,1-2H3,(H,14,15,16). The van der Waals surface area contributed by atoms with Crippen LogP contribution in [0.4, 0.5) is 0 Å².